The zero-order valence-corrected chi connectivity index (χ0v) is 19.5. The molecule has 1 aromatic carbocycles. The molecule has 2 unspecified atom stereocenters. The van der Waals surface area contributed by atoms with Crippen LogP contribution in [0.15, 0.2) is 42.2 Å². The number of esters is 1. The fourth-order valence-electron chi connectivity index (χ4n) is 4.02. The number of benzene rings is 1. The summed E-state index contributed by atoms with van der Waals surface area (Å²) < 4.78 is 20.8. The van der Waals surface area contributed by atoms with E-state index in [1.807, 2.05) is 6.08 Å². The Balaban J connectivity index is 0.00000289. The number of Topliss-reactive ketones (excluding diaryl/α,β-unsaturated/α-hetero) is 1. The molecule has 9 heteroatoms. The molecule has 4 rings (SSSR count). The largest absolute Gasteiger partial charge is 0.468 e. The van der Waals surface area contributed by atoms with Crippen LogP contribution in [-0.4, -0.2) is 51.9 Å². The van der Waals surface area contributed by atoms with Crippen LogP contribution in [0.4, 0.5) is 4.39 Å². The fourth-order valence-corrected chi connectivity index (χ4v) is 4.30. The first-order valence-electron chi connectivity index (χ1n) is 10.5. The fraction of sp³-hybridized carbons (Fsp3) is 0.435. The molecule has 0 radical (unpaired) electrons. The number of nitrogens with zero attached hydrogens (tertiary/aromatic N) is 3. The van der Waals surface area contributed by atoms with E-state index in [1.165, 1.54) is 17.9 Å². The maximum atomic E-state index is 14.6. The number of piperidine rings is 1. The van der Waals surface area contributed by atoms with E-state index in [2.05, 4.69) is 14.7 Å². The van der Waals surface area contributed by atoms with Crippen LogP contribution in [0.2, 0.25) is 0 Å². The number of carbonyl (C=O) groups excluding carboxylic acids is 2. The summed E-state index contributed by atoms with van der Waals surface area (Å²) in [7, 11) is 1.34. The zero-order chi connectivity index (χ0) is 22.0. The van der Waals surface area contributed by atoms with Crippen molar-refractivity contribution in [1.82, 2.24) is 14.7 Å². The molecule has 2 atom stereocenters. The third-order valence-corrected chi connectivity index (χ3v) is 6.43. The average Bonchev–Trinajstić information content (AvgIpc) is 3.53. The highest BCUT2D eigenvalue weighted by Gasteiger charge is 2.40. The lowest BCUT2D eigenvalue weighted by Crippen LogP contribution is -2.42. The number of hydrogen-bond acceptors (Lipinski definition) is 6. The summed E-state index contributed by atoms with van der Waals surface area (Å²) >= 11 is 4.73. The van der Waals surface area contributed by atoms with E-state index in [4.69, 9.17) is 12.6 Å². The topological polar surface area (TPSA) is 64.4 Å². The number of thiol groups is 1. The third kappa shape index (κ3) is 5.60. The highest BCUT2D eigenvalue weighted by atomic mass is 35.5. The molecule has 1 aromatic heterocycles. The highest BCUT2D eigenvalue weighted by molar-refractivity contribution is 7.81. The molecular formula is C23H27ClFN3O3S. The molecule has 172 valence electrons. The number of methoxy groups -OCH3 is 1. The van der Waals surface area contributed by atoms with Crippen molar-refractivity contribution in [2.24, 2.45) is 5.92 Å². The van der Waals surface area contributed by atoms with Gasteiger partial charge in [-0.05, 0) is 30.9 Å². The maximum absolute atomic E-state index is 14.6. The van der Waals surface area contributed by atoms with E-state index in [0.29, 0.717) is 18.7 Å². The standard InChI is InChI=1S/C23H26FN3O3S.ClH/c1-30-21(28)14-27-12-15(11-25-27)10-17-13-26(9-8-20(17)31)22(23(29)16-6-7-16)18-4-2-3-5-19(18)24;/h2-5,10-12,16,20,22,31H,6-9,13-14H2,1H3;1H. The van der Waals surface area contributed by atoms with Gasteiger partial charge in [0, 0.05) is 41.6 Å². The Hall–Kier alpha value is -2.16. The van der Waals surface area contributed by atoms with Crippen LogP contribution in [0.5, 0.6) is 0 Å². The molecule has 0 amide bonds. The van der Waals surface area contributed by atoms with Crippen LogP contribution in [0.1, 0.15) is 36.4 Å². The second kappa shape index (κ2) is 10.6. The van der Waals surface area contributed by atoms with Crippen LogP contribution in [0.3, 0.4) is 0 Å². The van der Waals surface area contributed by atoms with Gasteiger partial charge in [0.15, 0.2) is 5.78 Å². The molecule has 32 heavy (non-hydrogen) atoms. The molecule has 1 saturated carbocycles. The molecule has 1 aliphatic carbocycles. The Morgan fingerprint density at radius 2 is 2.06 bits per heavy atom. The molecule has 6 nitrogen and oxygen atoms in total. The molecule has 0 bridgehead atoms. The van der Waals surface area contributed by atoms with Gasteiger partial charge < -0.3 is 4.74 Å². The van der Waals surface area contributed by atoms with Crippen molar-refractivity contribution in [3.05, 3.63) is 59.2 Å². The minimum absolute atomic E-state index is 0. The van der Waals surface area contributed by atoms with Gasteiger partial charge in [0.2, 0.25) is 0 Å². The molecule has 0 N–H and O–H groups in total. The van der Waals surface area contributed by atoms with Crippen molar-refractivity contribution < 1.29 is 18.7 Å². The Morgan fingerprint density at radius 1 is 1.31 bits per heavy atom. The van der Waals surface area contributed by atoms with E-state index in [1.54, 1.807) is 30.6 Å². The van der Waals surface area contributed by atoms with E-state index in [-0.39, 0.29) is 47.7 Å². The minimum atomic E-state index is -0.583. The lowest BCUT2D eigenvalue weighted by Gasteiger charge is -2.37. The minimum Gasteiger partial charge on any atom is -0.468 e. The molecule has 2 aliphatic rings. The number of aromatic nitrogens is 2. The quantitative estimate of drug-likeness (QED) is 0.484. The smallest absolute Gasteiger partial charge is 0.327 e. The first kappa shape index (κ1) is 24.5. The average molecular weight is 480 g/mol. The van der Waals surface area contributed by atoms with Gasteiger partial charge in [-0.25, -0.2) is 4.39 Å². The van der Waals surface area contributed by atoms with E-state index in [0.717, 1.165) is 30.4 Å². The van der Waals surface area contributed by atoms with Gasteiger partial charge in [-0.3, -0.25) is 19.2 Å². The summed E-state index contributed by atoms with van der Waals surface area (Å²) in [6.45, 7) is 1.24. The molecule has 0 spiro atoms. The summed E-state index contributed by atoms with van der Waals surface area (Å²) in [5, 5.41) is 4.24. The Morgan fingerprint density at radius 3 is 2.75 bits per heavy atom. The summed E-state index contributed by atoms with van der Waals surface area (Å²) in [5.41, 5.74) is 2.33. The zero-order valence-electron chi connectivity index (χ0n) is 17.8. The van der Waals surface area contributed by atoms with Crippen LogP contribution in [-0.2, 0) is 20.9 Å². The van der Waals surface area contributed by atoms with Crippen molar-refractivity contribution in [3.8, 4) is 0 Å². The summed E-state index contributed by atoms with van der Waals surface area (Å²) in [4.78, 5) is 26.7. The maximum Gasteiger partial charge on any atom is 0.327 e. The summed E-state index contributed by atoms with van der Waals surface area (Å²) in [6.07, 6.45) is 7.97. The SMILES string of the molecule is COC(=O)Cn1cc(C=C2CN(C(C(=O)C3CC3)c3ccccc3F)CCC2S)cn1.Cl. The van der Waals surface area contributed by atoms with Crippen LogP contribution >= 0.6 is 25.0 Å². The van der Waals surface area contributed by atoms with Crippen molar-refractivity contribution in [1.29, 1.82) is 0 Å². The van der Waals surface area contributed by atoms with Gasteiger partial charge in [-0.15, -0.1) is 12.4 Å². The monoisotopic (exact) mass is 479 g/mol. The molecule has 2 heterocycles. The second-order valence-electron chi connectivity index (χ2n) is 8.14. The molecule has 2 aromatic rings. The predicted molar refractivity (Wildman–Crippen MR) is 125 cm³/mol. The van der Waals surface area contributed by atoms with Gasteiger partial charge in [-0.1, -0.05) is 24.3 Å². The first-order valence-corrected chi connectivity index (χ1v) is 11.0. The van der Waals surface area contributed by atoms with Crippen molar-refractivity contribution in [2.75, 3.05) is 20.2 Å². The van der Waals surface area contributed by atoms with Crippen LogP contribution in [0.25, 0.3) is 6.08 Å². The van der Waals surface area contributed by atoms with Gasteiger partial charge in [0.25, 0.3) is 0 Å². The number of ketones is 1. The third-order valence-electron chi connectivity index (χ3n) is 5.84. The Bertz CT molecular complexity index is 1010. The normalized spacial score (nSPS) is 21.1. The second-order valence-corrected chi connectivity index (χ2v) is 8.77. The summed E-state index contributed by atoms with van der Waals surface area (Å²) in [6, 6.07) is 5.98. The Kier molecular flexibility index (Phi) is 8.14. The lowest BCUT2D eigenvalue weighted by atomic mass is 9.93. The van der Waals surface area contributed by atoms with Crippen molar-refractivity contribution in [2.45, 2.75) is 37.1 Å². The highest BCUT2D eigenvalue weighted by Crippen LogP contribution is 2.39. The van der Waals surface area contributed by atoms with Crippen molar-refractivity contribution in [3.63, 3.8) is 0 Å². The molecular weight excluding hydrogens is 453 g/mol. The van der Waals surface area contributed by atoms with Crippen LogP contribution in [0, 0.1) is 11.7 Å². The molecule has 1 saturated heterocycles. The number of likely N-dealkylation sites (tertiary alicyclic amines) is 1. The van der Waals surface area contributed by atoms with Gasteiger partial charge in [0.1, 0.15) is 12.4 Å². The molecule has 1 aliphatic heterocycles. The van der Waals surface area contributed by atoms with Crippen LogP contribution < -0.4 is 0 Å². The van der Waals surface area contributed by atoms with Crippen molar-refractivity contribution >= 4 is 42.9 Å². The first-order chi connectivity index (χ1) is 15.0. The number of hydrogen-bond donors (Lipinski definition) is 1. The number of ether oxygens (including phenoxy) is 1. The number of carbonyl (C=O) groups is 2. The molecule has 2 fully saturated rings. The Labute approximate surface area is 198 Å². The lowest BCUT2D eigenvalue weighted by molar-refractivity contribution is -0.141. The predicted octanol–water partition coefficient (Wildman–Crippen LogP) is 3.72. The van der Waals surface area contributed by atoms with Gasteiger partial charge in [-0.2, -0.15) is 17.7 Å². The number of halogens is 2. The van der Waals surface area contributed by atoms with Gasteiger partial charge >= 0.3 is 5.97 Å². The van der Waals surface area contributed by atoms with E-state index < -0.39 is 6.04 Å². The van der Waals surface area contributed by atoms with Gasteiger partial charge in [0.05, 0.1) is 19.3 Å². The van der Waals surface area contributed by atoms with E-state index >= 15 is 0 Å². The summed E-state index contributed by atoms with van der Waals surface area (Å²) in [5.74, 6) is -0.580. The van der Waals surface area contributed by atoms with E-state index in [9.17, 15) is 14.0 Å². The number of rotatable bonds is 7.